The third kappa shape index (κ3) is 2.89. The molecule has 1 heterocycles. The number of ketones is 1. The lowest BCUT2D eigenvalue weighted by Gasteiger charge is -2.34. The number of aromatic nitrogens is 2. The zero-order valence-corrected chi connectivity index (χ0v) is 12.1. The highest BCUT2D eigenvalue weighted by atomic mass is 16.1. The fraction of sp³-hybridized carbons (Fsp3) is 0.733. The van der Waals surface area contributed by atoms with Gasteiger partial charge in [0.05, 0.1) is 5.69 Å². The lowest BCUT2D eigenvalue weighted by Crippen LogP contribution is -2.41. The minimum atomic E-state index is -0.269. The van der Waals surface area contributed by atoms with Gasteiger partial charge >= 0.3 is 0 Å². The lowest BCUT2D eigenvalue weighted by molar-refractivity contribution is -0.129. The molecule has 0 radical (unpaired) electrons. The molecule has 19 heavy (non-hydrogen) atoms. The number of rotatable bonds is 5. The van der Waals surface area contributed by atoms with Crippen LogP contribution in [0.3, 0.4) is 0 Å². The first kappa shape index (κ1) is 14.3. The molecule has 1 aliphatic carbocycles. The molecule has 0 amide bonds. The maximum absolute atomic E-state index is 12.7. The second kappa shape index (κ2) is 5.87. The summed E-state index contributed by atoms with van der Waals surface area (Å²) in [6.07, 6.45) is 5.90. The zero-order valence-electron chi connectivity index (χ0n) is 12.1. The molecule has 2 rings (SSSR count). The molecule has 0 atom stereocenters. The van der Waals surface area contributed by atoms with Crippen LogP contribution < -0.4 is 5.73 Å². The Hall–Kier alpha value is -1.16. The molecule has 1 fully saturated rings. The number of carbonyl (C=O) groups excluding carboxylic acids is 1. The number of carbonyl (C=O) groups is 1. The average Bonchev–Trinajstić information content (AvgIpc) is 2.79. The summed E-state index contributed by atoms with van der Waals surface area (Å²) >= 11 is 0. The summed E-state index contributed by atoms with van der Waals surface area (Å²) in [5.41, 5.74) is 7.67. The van der Waals surface area contributed by atoms with E-state index in [0.717, 1.165) is 43.6 Å². The standard InChI is InChI=1S/C15H25N3O/c1-3-18-13(9-12(2)17-18)10-14(19)15(11-16)7-5-4-6-8-15/h9H,3-8,10-11,16H2,1-2H3. The Kier molecular flexibility index (Phi) is 4.40. The summed E-state index contributed by atoms with van der Waals surface area (Å²) in [6, 6.07) is 2.02. The van der Waals surface area contributed by atoms with Gasteiger partial charge in [0.2, 0.25) is 0 Å². The molecule has 0 aromatic carbocycles. The van der Waals surface area contributed by atoms with Crippen LogP contribution in [-0.4, -0.2) is 22.1 Å². The van der Waals surface area contributed by atoms with Gasteiger partial charge in [-0.25, -0.2) is 0 Å². The van der Waals surface area contributed by atoms with Gasteiger partial charge < -0.3 is 5.73 Å². The molecule has 1 aliphatic rings. The number of nitrogens with two attached hydrogens (primary N) is 1. The predicted molar refractivity (Wildman–Crippen MR) is 75.9 cm³/mol. The summed E-state index contributed by atoms with van der Waals surface area (Å²) in [6.45, 7) is 5.33. The van der Waals surface area contributed by atoms with E-state index in [1.807, 2.05) is 17.7 Å². The van der Waals surface area contributed by atoms with Crippen LogP contribution in [0, 0.1) is 12.3 Å². The molecule has 1 aromatic rings. The van der Waals surface area contributed by atoms with Gasteiger partial charge in [0, 0.05) is 30.6 Å². The summed E-state index contributed by atoms with van der Waals surface area (Å²) in [7, 11) is 0. The van der Waals surface area contributed by atoms with E-state index in [9.17, 15) is 4.79 Å². The van der Waals surface area contributed by atoms with Crippen molar-refractivity contribution in [1.29, 1.82) is 0 Å². The normalized spacial score (nSPS) is 18.5. The molecule has 0 bridgehead atoms. The monoisotopic (exact) mass is 263 g/mol. The first-order chi connectivity index (χ1) is 9.11. The highest BCUT2D eigenvalue weighted by Gasteiger charge is 2.37. The van der Waals surface area contributed by atoms with Crippen LogP contribution in [0.1, 0.15) is 50.4 Å². The summed E-state index contributed by atoms with van der Waals surface area (Å²) in [5, 5.41) is 4.41. The first-order valence-corrected chi connectivity index (χ1v) is 7.38. The van der Waals surface area contributed by atoms with E-state index in [0.29, 0.717) is 18.7 Å². The van der Waals surface area contributed by atoms with Crippen molar-refractivity contribution in [2.24, 2.45) is 11.1 Å². The van der Waals surface area contributed by atoms with Gasteiger partial charge in [0.1, 0.15) is 5.78 Å². The van der Waals surface area contributed by atoms with E-state index < -0.39 is 0 Å². The molecular formula is C15H25N3O. The lowest BCUT2D eigenvalue weighted by atomic mass is 9.70. The smallest absolute Gasteiger partial charge is 0.146 e. The maximum atomic E-state index is 12.7. The molecule has 1 saturated carbocycles. The highest BCUT2D eigenvalue weighted by Crippen LogP contribution is 2.37. The van der Waals surface area contributed by atoms with Crippen LogP contribution in [0.2, 0.25) is 0 Å². The third-order valence-electron chi connectivity index (χ3n) is 4.42. The molecule has 0 saturated heterocycles. The average molecular weight is 263 g/mol. The van der Waals surface area contributed by atoms with Crippen LogP contribution in [-0.2, 0) is 17.8 Å². The quantitative estimate of drug-likeness (QED) is 0.886. The van der Waals surface area contributed by atoms with Crippen molar-refractivity contribution in [1.82, 2.24) is 9.78 Å². The van der Waals surface area contributed by atoms with Crippen LogP contribution in [0.4, 0.5) is 0 Å². The van der Waals surface area contributed by atoms with Gasteiger partial charge in [-0.1, -0.05) is 19.3 Å². The minimum Gasteiger partial charge on any atom is -0.329 e. The van der Waals surface area contributed by atoms with Gasteiger partial charge in [0.15, 0.2) is 0 Å². The molecule has 4 heteroatoms. The van der Waals surface area contributed by atoms with E-state index in [2.05, 4.69) is 12.0 Å². The van der Waals surface area contributed by atoms with E-state index in [1.54, 1.807) is 0 Å². The van der Waals surface area contributed by atoms with E-state index in [1.165, 1.54) is 6.42 Å². The van der Waals surface area contributed by atoms with Gasteiger partial charge in [0.25, 0.3) is 0 Å². The number of nitrogens with zero attached hydrogens (tertiary/aromatic N) is 2. The SMILES string of the molecule is CCn1nc(C)cc1CC(=O)C1(CN)CCCCC1. The Morgan fingerprint density at radius 1 is 1.42 bits per heavy atom. The van der Waals surface area contributed by atoms with Crippen molar-refractivity contribution in [2.75, 3.05) is 6.54 Å². The topological polar surface area (TPSA) is 60.9 Å². The Morgan fingerprint density at radius 3 is 2.68 bits per heavy atom. The number of Topliss-reactive ketones (excluding diaryl/α,β-unsaturated/α-hetero) is 1. The molecule has 4 nitrogen and oxygen atoms in total. The van der Waals surface area contributed by atoms with Crippen LogP contribution >= 0.6 is 0 Å². The Labute approximate surface area is 115 Å². The molecular weight excluding hydrogens is 238 g/mol. The molecule has 106 valence electrons. The van der Waals surface area contributed by atoms with E-state index in [-0.39, 0.29) is 5.41 Å². The van der Waals surface area contributed by atoms with E-state index >= 15 is 0 Å². The van der Waals surface area contributed by atoms with Crippen molar-refractivity contribution in [3.8, 4) is 0 Å². The summed E-state index contributed by atoms with van der Waals surface area (Å²) in [5.74, 6) is 0.310. The number of aryl methyl sites for hydroxylation is 2. The fourth-order valence-corrected chi connectivity index (χ4v) is 3.19. The Morgan fingerprint density at radius 2 is 2.11 bits per heavy atom. The van der Waals surface area contributed by atoms with Gasteiger partial charge in [-0.3, -0.25) is 9.48 Å². The fourth-order valence-electron chi connectivity index (χ4n) is 3.19. The molecule has 0 unspecified atom stereocenters. The molecule has 0 aliphatic heterocycles. The van der Waals surface area contributed by atoms with Crippen molar-refractivity contribution in [3.05, 3.63) is 17.5 Å². The van der Waals surface area contributed by atoms with Crippen molar-refractivity contribution < 1.29 is 4.79 Å². The largest absolute Gasteiger partial charge is 0.329 e. The second-order valence-corrected chi connectivity index (χ2v) is 5.74. The molecule has 2 N–H and O–H groups in total. The van der Waals surface area contributed by atoms with Crippen molar-refractivity contribution >= 4 is 5.78 Å². The van der Waals surface area contributed by atoms with Crippen LogP contribution in [0.5, 0.6) is 0 Å². The van der Waals surface area contributed by atoms with Gasteiger partial charge in [-0.2, -0.15) is 5.10 Å². The number of hydrogen-bond acceptors (Lipinski definition) is 3. The van der Waals surface area contributed by atoms with Crippen LogP contribution in [0.15, 0.2) is 6.07 Å². The number of hydrogen-bond donors (Lipinski definition) is 1. The molecule has 1 aromatic heterocycles. The highest BCUT2D eigenvalue weighted by molar-refractivity contribution is 5.87. The first-order valence-electron chi connectivity index (χ1n) is 7.38. The van der Waals surface area contributed by atoms with Gasteiger partial charge in [-0.15, -0.1) is 0 Å². The summed E-state index contributed by atoms with van der Waals surface area (Å²) in [4.78, 5) is 12.7. The second-order valence-electron chi connectivity index (χ2n) is 5.74. The summed E-state index contributed by atoms with van der Waals surface area (Å²) < 4.78 is 1.93. The van der Waals surface area contributed by atoms with Crippen molar-refractivity contribution in [2.45, 2.75) is 58.9 Å². The minimum absolute atomic E-state index is 0.269. The maximum Gasteiger partial charge on any atom is 0.146 e. The zero-order chi connectivity index (χ0) is 13.9. The Balaban J connectivity index is 2.14. The van der Waals surface area contributed by atoms with Crippen LogP contribution in [0.25, 0.3) is 0 Å². The predicted octanol–water partition coefficient (Wildman–Crippen LogP) is 2.23. The van der Waals surface area contributed by atoms with Gasteiger partial charge in [-0.05, 0) is 32.8 Å². The van der Waals surface area contributed by atoms with E-state index in [4.69, 9.17) is 5.73 Å². The Bertz CT molecular complexity index is 444. The molecule has 0 spiro atoms. The van der Waals surface area contributed by atoms with Crippen molar-refractivity contribution in [3.63, 3.8) is 0 Å². The third-order valence-corrected chi connectivity index (χ3v) is 4.42.